The summed E-state index contributed by atoms with van der Waals surface area (Å²) in [5, 5.41) is 8.01. The molecule has 0 N–H and O–H groups in total. The number of hydrogen-bond donors (Lipinski definition) is 0. The van der Waals surface area contributed by atoms with Gasteiger partial charge in [-0.3, -0.25) is 0 Å². The average Bonchev–Trinajstić information content (AvgIpc) is 3.17. The normalized spacial score (nSPS) is 15.7. The van der Waals surface area contributed by atoms with E-state index in [-0.39, 0.29) is 5.70 Å². The maximum absolute atomic E-state index is 14.1. The van der Waals surface area contributed by atoms with Gasteiger partial charge >= 0.3 is 6.18 Å². The third-order valence-corrected chi connectivity index (χ3v) is 5.83. The highest BCUT2D eigenvalue weighted by Crippen LogP contribution is 2.37. The third kappa shape index (κ3) is 7.19. The monoisotopic (exact) mass is 489 g/mol. The molecule has 0 spiro atoms. The maximum Gasteiger partial charge on any atom is 0.418 e. The van der Waals surface area contributed by atoms with Crippen LogP contribution in [0.5, 0.6) is 0 Å². The largest absolute Gasteiger partial charge is 0.418 e. The molecule has 1 aliphatic heterocycles. The number of aromatic nitrogens is 3. The molecule has 10 heteroatoms. The minimum absolute atomic E-state index is 0.0957. The molecule has 0 saturated carbocycles. The summed E-state index contributed by atoms with van der Waals surface area (Å²) in [6.07, 6.45) is 2.30. The molecular weight excluding hydrogens is 455 g/mol. The van der Waals surface area contributed by atoms with Crippen molar-refractivity contribution in [2.75, 3.05) is 59.8 Å². The molecule has 0 fully saturated rings. The van der Waals surface area contributed by atoms with Crippen molar-refractivity contribution in [3.05, 3.63) is 77.3 Å². The van der Waals surface area contributed by atoms with Crippen molar-refractivity contribution in [3.63, 3.8) is 0 Å². The van der Waals surface area contributed by atoms with E-state index in [1.807, 2.05) is 66.8 Å². The van der Waals surface area contributed by atoms with E-state index in [1.165, 1.54) is 12.3 Å². The van der Waals surface area contributed by atoms with Crippen molar-refractivity contribution in [2.24, 2.45) is 7.05 Å². The van der Waals surface area contributed by atoms with E-state index in [0.717, 1.165) is 30.2 Å². The van der Waals surface area contributed by atoms with Crippen LogP contribution in [0.15, 0.2) is 65.9 Å². The van der Waals surface area contributed by atoms with Gasteiger partial charge in [-0.1, -0.05) is 12.1 Å². The van der Waals surface area contributed by atoms with Gasteiger partial charge in [-0.2, -0.15) is 13.2 Å². The molecular formula is C25H34F3N7. The Labute approximate surface area is 205 Å². The van der Waals surface area contributed by atoms with Crippen LogP contribution in [0.4, 0.5) is 18.9 Å². The number of allylic oxidation sites excluding steroid dienone is 1. The summed E-state index contributed by atoms with van der Waals surface area (Å²) in [4.78, 5) is 7.34. The number of benzene rings is 1. The van der Waals surface area contributed by atoms with Crippen LogP contribution in [0.2, 0.25) is 0 Å². The molecule has 190 valence electrons. The molecule has 0 radical (unpaired) electrons. The van der Waals surface area contributed by atoms with Gasteiger partial charge in [0.1, 0.15) is 12.2 Å². The first-order chi connectivity index (χ1) is 16.4. The van der Waals surface area contributed by atoms with Gasteiger partial charge in [0, 0.05) is 65.3 Å². The first kappa shape index (κ1) is 26.5. The Morgan fingerprint density at radius 2 is 1.80 bits per heavy atom. The summed E-state index contributed by atoms with van der Waals surface area (Å²) in [5.74, 6) is 0.811. The zero-order chi connectivity index (χ0) is 25.8. The van der Waals surface area contributed by atoms with Crippen molar-refractivity contribution in [1.82, 2.24) is 29.5 Å². The number of likely N-dealkylation sites (N-methyl/N-ethyl adjacent to an activating group) is 3. The van der Waals surface area contributed by atoms with Crippen LogP contribution in [0.3, 0.4) is 0 Å². The average molecular weight is 490 g/mol. The summed E-state index contributed by atoms with van der Waals surface area (Å²) >= 11 is 0. The second-order valence-electron chi connectivity index (χ2n) is 9.24. The lowest BCUT2D eigenvalue weighted by Crippen LogP contribution is -2.32. The highest BCUT2D eigenvalue weighted by molar-refractivity contribution is 5.54. The van der Waals surface area contributed by atoms with Gasteiger partial charge in [0.2, 0.25) is 0 Å². The zero-order valence-electron chi connectivity index (χ0n) is 21.2. The molecule has 0 aliphatic carbocycles. The number of nitrogens with zero attached hydrogens (tertiary/aromatic N) is 7. The second kappa shape index (κ2) is 11.1. The van der Waals surface area contributed by atoms with E-state index < -0.39 is 11.7 Å². The molecule has 0 bridgehead atoms. The van der Waals surface area contributed by atoms with E-state index in [1.54, 1.807) is 36.4 Å². The number of alkyl halides is 3. The number of halogens is 3. The van der Waals surface area contributed by atoms with Crippen molar-refractivity contribution < 1.29 is 13.2 Å². The van der Waals surface area contributed by atoms with Gasteiger partial charge in [-0.05, 0) is 50.5 Å². The summed E-state index contributed by atoms with van der Waals surface area (Å²) in [5.41, 5.74) is 1.84. The molecule has 1 aromatic heterocycles. The molecule has 0 amide bonds. The fraction of sp³-hybridized carbons (Fsp3) is 0.440. The van der Waals surface area contributed by atoms with E-state index in [4.69, 9.17) is 0 Å². The van der Waals surface area contributed by atoms with Gasteiger partial charge in [0.25, 0.3) is 0 Å². The Hall–Kier alpha value is -3.11. The Morgan fingerprint density at radius 3 is 2.43 bits per heavy atom. The number of rotatable bonds is 9. The molecule has 1 aromatic carbocycles. The van der Waals surface area contributed by atoms with Gasteiger partial charge in [-0.15, -0.1) is 10.2 Å². The lowest BCUT2D eigenvalue weighted by Gasteiger charge is -2.31. The van der Waals surface area contributed by atoms with Crippen LogP contribution < -0.4 is 4.90 Å². The summed E-state index contributed by atoms with van der Waals surface area (Å²) in [6.45, 7) is 2.03. The molecule has 1 aliphatic rings. The minimum atomic E-state index is -4.48. The molecule has 35 heavy (non-hydrogen) atoms. The van der Waals surface area contributed by atoms with Crippen LogP contribution in [0.25, 0.3) is 0 Å². The highest BCUT2D eigenvalue weighted by atomic mass is 19.4. The SMILES string of the molecule is CN(C)CCN(C)CC1=CN(C)/C(=C\N(C)c2cccc(Cc3nncn3C)c2)C(C(F)(F)F)=C1. The first-order valence-corrected chi connectivity index (χ1v) is 11.4. The second-order valence-corrected chi connectivity index (χ2v) is 9.24. The number of anilines is 1. The molecule has 2 aromatic rings. The first-order valence-electron chi connectivity index (χ1n) is 11.4. The van der Waals surface area contributed by atoms with Crippen molar-refractivity contribution in [2.45, 2.75) is 12.6 Å². The molecule has 3 rings (SSSR count). The smallest absolute Gasteiger partial charge is 0.349 e. The summed E-state index contributed by atoms with van der Waals surface area (Å²) in [6, 6.07) is 7.68. The van der Waals surface area contributed by atoms with Crippen LogP contribution in [0, 0.1) is 0 Å². The predicted octanol–water partition coefficient (Wildman–Crippen LogP) is 3.49. The molecule has 0 unspecified atom stereocenters. The lowest BCUT2D eigenvalue weighted by atomic mass is 10.0. The van der Waals surface area contributed by atoms with E-state index in [2.05, 4.69) is 10.2 Å². The van der Waals surface area contributed by atoms with Gasteiger partial charge in [0.05, 0.1) is 11.3 Å². The molecule has 2 heterocycles. The van der Waals surface area contributed by atoms with Crippen molar-refractivity contribution in [3.8, 4) is 0 Å². The fourth-order valence-corrected chi connectivity index (χ4v) is 3.83. The lowest BCUT2D eigenvalue weighted by molar-refractivity contribution is -0.0912. The van der Waals surface area contributed by atoms with Crippen LogP contribution in [-0.4, -0.2) is 90.5 Å². The minimum Gasteiger partial charge on any atom is -0.349 e. The van der Waals surface area contributed by atoms with Gasteiger partial charge in [-0.25, -0.2) is 0 Å². The summed E-state index contributed by atoms with van der Waals surface area (Å²) in [7, 11) is 11.2. The topological polar surface area (TPSA) is 43.7 Å². The Balaban J connectivity index is 1.82. The van der Waals surface area contributed by atoms with Gasteiger partial charge < -0.3 is 24.2 Å². The van der Waals surface area contributed by atoms with Crippen molar-refractivity contribution >= 4 is 5.69 Å². The standard InChI is InChI=1S/C25H34F3N7/c1-31(2)10-11-32(3)15-20-13-22(25(26,27)28)23(34(5)16-20)17-33(4)21-9-7-8-19(12-21)14-24-30-29-18-35(24)6/h7-9,12-13,16-18H,10-11,14-15H2,1-6H3/b23-17-. The van der Waals surface area contributed by atoms with Gasteiger partial charge in [0.15, 0.2) is 0 Å². The van der Waals surface area contributed by atoms with E-state index in [0.29, 0.717) is 18.5 Å². The number of aryl methyl sites for hydroxylation is 1. The van der Waals surface area contributed by atoms with Crippen LogP contribution in [0.1, 0.15) is 11.4 Å². The molecule has 7 nitrogen and oxygen atoms in total. The Morgan fingerprint density at radius 1 is 1.06 bits per heavy atom. The molecule has 0 saturated heterocycles. The zero-order valence-corrected chi connectivity index (χ0v) is 21.2. The Kier molecular flexibility index (Phi) is 8.39. The fourth-order valence-electron chi connectivity index (χ4n) is 3.83. The quantitative estimate of drug-likeness (QED) is 0.537. The molecule has 0 atom stereocenters. The number of hydrogen-bond acceptors (Lipinski definition) is 6. The predicted molar refractivity (Wildman–Crippen MR) is 133 cm³/mol. The van der Waals surface area contributed by atoms with Crippen LogP contribution in [-0.2, 0) is 13.5 Å². The summed E-state index contributed by atoms with van der Waals surface area (Å²) < 4.78 is 44.1. The van der Waals surface area contributed by atoms with Crippen molar-refractivity contribution in [1.29, 1.82) is 0 Å². The Bertz CT molecular complexity index is 1100. The van der Waals surface area contributed by atoms with E-state index >= 15 is 0 Å². The third-order valence-electron chi connectivity index (χ3n) is 5.83. The maximum atomic E-state index is 14.1. The van der Waals surface area contributed by atoms with E-state index in [9.17, 15) is 13.2 Å². The highest BCUT2D eigenvalue weighted by Gasteiger charge is 2.39. The van der Waals surface area contributed by atoms with Crippen LogP contribution >= 0.6 is 0 Å².